The zero-order chi connectivity index (χ0) is 10.7. The lowest BCUT2D eigenvalue weighted by Crippen LogP contribution is -1.83. The summed E-state index contributed by atoms with van der Waals surface area (Å²) < 4.78 is 0.870. The van der Waals surface area contributed by atoms with Gasteiger partial charge in [0, 0.05) is 11.1 Å². The molecule has 15 heavy (non-hydrogen) atoms. The maximum Gasteiger partial charge on any atom is 0.118 e. The molecule has 0 saturated carbocycles. The average Bonchev–Trinajstić information content (AvgIpc) is 2.24. The number of hydrogen-bond acceptors (Lipinski definition) is 3. The first-order valence-electron chi connectivity index (χ1n) is 4.15. The van der Waals surface area contributed by atoms with E-state index in [9.17, 15) is 0 Å². The van der Waals surface area contributed by atoms with E-state index in [0.717, 1.165) is 19.4 Å². The zero-order valence-corrected chi connectivity index (χ0v) is 10.7. The van der Waals surface area contributed by atoms with Crippen LogP contribution in [0.2, 0.25) is 5.02 Å². The van der Waals surface area contributed by atoms with Crippen molar-refractivity contribution in [2.45, 2.75) is 9.92 Å². The normalized spacial score (nSPS) is 10.3. The fraction of sp³-hybridized carbons (Fsp3) is 0. The molecule has 0 aliphatic rings. The molecule has 0 atom stereocenters. The van der Waals surface area contributed by atoms with E-state index in [1.165, 1.54) is 18.1 Å². The molecule has 0 spiro atoms. The molecule has 0 fully saturated rings. The van der Waals surface area contributed by atoms with E-state index in [-0.39, 0.29) is 0 Å². The standard InChI is InChI=1S/C10H6BrClN2S/c11-7-5-13-6-14-10(7)15-9-4-2-1-3-8(9)12/h1-6H. The molecular weight excluding hydrogens is 296 g/mol. The summed E-state index contributed by atoms with van der Waals surface area (Å²) in [5, 5.41) is 1.59. The van der Waals surface area contributed by atoms with Crippen LogP contribution >= 0.6 is 39.3 Å². The van der Waals surface area contributed by atoms with Crippen LogP contribution in [0, 0.1) is 0 Å². The molecule has 2 nitrogen and oxygen atoms in total. The number of aromatic nitrogens is 2. The molecule has 1 aromatic heterocycles. The monoisotopic (exact) mass is 300 g/mol. The SMILES string of the molecule is Clc1ccccc1Sc1ncncc1Br. The highest BCUT2D eigenvalue weighted by molar-refractivity contribution is 9.10. The molecule has 0 saturated heterocycles. The van der Waals surface area contributed by atoms with Crippen molar-refractivity contribution in [1.82, 2.24) is 9.97 Å². The van der Waals surface area contributed by atoms with Gasteiger partial charge in [0.15, 0.2) is 0 Å². The molecule has 1 heterocycles. The van der Waals surface area contributed by atoms with Gasteiger partial charge >= 0.3 is 0 Å². The van der Waals surface area contributed by atoms with Crippen LogP contribution in [0.4, 0.5) is 0 Å². The summed E-state index contributed by atoms with van der Waals surface area (Å²) in [6.07, 6.45) is 3.23. The van der Waals surface area contributed by atoms with Gasteiger partial charge in [-0.05, 0) is 28.1 Å². The average molecular weight is 302 g/mol. The van der Waals surface area contributed by atoms with Gasteiger partial charge in [-0.25, -0.2) is 9.97 Å². The topological polar surface area (TPSA) is 25.8 Å². The lowest BCUT2D eigenvalue weighted by molar-refractivity contribution is 1.02. The van der Waals surface area contributed by atoms with E-state index in [1.807, 2.05) is 24.3 Å². The van der Waals surface area contributed by atoms with Crippen LogP contribution < -0.4 is 0 Å². The summed E-state index contributed by atoms with van der Waals surface area (Å²) in [5.41, 5.74) is 0. The largest absolute Gasteiger partial charge is 0.244 e. The molecular formula is C10H6BrClN2S. The van der Waals surface area contributed by atoms with Crippen molar-refractivity contribution in [3.05, 3.63) is 46.3 Å². The minimum Gasteiger partial charge on any atom is -0.244 e. The van der Waals surface area contributed by atoms with E-state index >= 15 is 0 Å². The maximum absolute atomic E-state index is 6.05. The fourth-order valence-electron chi connectivity index (χ4n) is 1.01. The number of benzene rings is 1. The molecule has 0 amide bonds. The predicted octanol–water partition coefficient (Wildman–Crippen LogP) is 4.04. The van der Waals surface area contributed by atoms with E-state index in [4.69, 9.17) is 11.6 Å². The second kappa shape index (κ2) is 4.96. The number of hydrogen-bond donors (Lipinski definition) is 0. The van der Waals surface area contributed by atoms with Crippen LogP contribution in [0.5, 0.6) is 0 Å². The third kappa shape index (κ3) is 2.71. The van der Waals surface area contributed by atoms with E-state index in [2.05, 4.69) is 25.9 Å². The Morgan fingerprint density at radius 3 is 2.80 bits per heavy atom. The zero-order valence-electron chi connectivity index (χ0n) is 7.52. The van der Waals surface area contributed by atoms with E-state index in [1.54, 1.807) is 6.20 Å². The van der Waals surface area contributed by atoms with E-state index < -0.39 is 0 Å². The van der Waals surface area contributed by atoms with Gasteiger partial charge < -0.3 is 0 Å². The Balaban J connectivity index is 2.30. The molecule has 2 rings (SSSR count). The lowest BCUT2D eigenvalue weighted by Gasteiger charge is -2.03. The van der Waals surface area contributed by atoms with Gasteiger partial charge in [0.05, 0.1) is 9.50 Å². The van der Waals surface area contributed by atoms with Crippen LogP contribution in [0.3, 0.4) is 0 Å². The van der Waals surface area contributed by atoms with Crippen molar-refractivity contribution < 1.29 is 0 Å². The van der Waals surface area contributed by atoms with Gasteiger partial charge in [0.1, 0.15) is 11.4 Å². The minimum atomic E-state index is 0.730. The van der Waals surface area contributed by atoms with Crippen LogP contribution in [-0.2, 0) is 0 Å². The van der Waals surface area contributed by atoms with Gasteiger partial charge in [-0.3, -0.25) is 0 Å². The van der Waals surface area contributed by atoms with Gasteiger partial charge in [-0.1, -0.05) is 35.5 Å². The lowest BCUT2D eigenvalue weighted by atomic mass is 10.4. The smallest absolute Gasteiger partial charge is 0.118 e. The van der Waals surface area contributed by atoms with Crippen LogP contribution in [-0.4, -0.2) is 9.97 Å². The second-order valence-corrected chi connectivity index (χ2v) is 5.00. The second-order valence-electron chi connectivity index (χ2n) is 2.71. The Bertz CT molecular complexity index is 435. The Kier molecular flexibility index (Phi) is 3.61. The van der Waals surface area contributed by atoms with Crippen molar-refractivity contribution >= 4 is 39.3 Å². The molecule has 0 unspecified atom stereocenters. The summed E-state index contributed by atoms with van der Waals surface area (Å²) in [5.74, 6) is 0. The highest BCUT2D eigenvalue weighted by Gasteiger charge is 2.05. The summed E-state index contributed by atoms with van der Waals surface area (Å²) in [7, 11) is 0. The highest BCUT2D eigenvalue weighted by Crippen LogP contribution is 2.34. The first-order chi connectivity index (χ1) is 7.27. The van der Waals surface area contributed by atoms with Gasteiger partial charge in [-0.2, -0.15) is 0 Å². The van der Waals surface area contributed by atoms with Crippen LogP contribution in [0.15, 0.2) is 51.2 Å². The Labute approximate surface area is 105 Å². The van der Waals surface area contributed by atoms with Crippen molar-refractivity contribution in [3.8, 4) is 0 Å². The number of nitrogens with zero attached hydrogens (tertiary/aromatic N) is 2. The molecule has 0 radical (unpaired) electrons. The summed E-state index contributed by atoms with van der Waals surface area (Å²) in [6.45, 7) is 0. The first-order valence-corrected chi connectivity index (χ1v) is 6.14. The van der Waals surface area contributed by atoms with Crippen molar-refractivity contribution in [3.63, 3.8) is 0 Å². The molecule has 0 aliphatic heterocycles. The third-order valence-corrected chi connectivity index (χ3v) is 4.06. The van der Waals surface area contributed by atoms with Crippen LogP contribution in [0.1, 0.15) is 0 Å². The van der Waals surface area contributed by atoms with Gasteiger partial charge in [0.2, 0.25) is 0 Å². The van der Waals surface area contributed by atoms with Gasteiger partial charge in [0.25, 0.3) is 0 Å². The quantitative estimate of drug-likeness (QED) is 0.783. The molecule has 76 valence electrons. The van der Waals surface area contributed by atoms with Crippen molar-refractivity contribution in [2.75, 3.05) is 0 Å². The van der Waals surface area contributed by atoms with Gasteiger partial charge in [-0.15, -0.1) is 0 Å². The third-order valence-electron chi connectivity index (χ3n) is 1.68. The maximum atomic E-state index is 6.05. The first kappa shape index (κ1) is 10.9. The summed E-state index contributed by atoms with van der Waals surface area (Å²) in [6, 6.07) is 7.67. The summed E-state index contributed by atoms with van der Waals surface area (Å²) >= 11 is 10.9. The van der Waals surface area contributed by atoms with Crippen molar-refractivity contribution in [1.29, 1.82) is 0 Å². The molecule has 1 aromatic carbocycles. The molecule has 0 N–H and O–H groups in total. The fourth-order valence-corrected chi connectivity index (χ4v) is 2.49. The predicted molar refractivity (Wildman–Crippen MR) is 65.3 cm³/mol. The molecule has 0 bridgehead atoms. The van der Waals surface area contributed by atoms with Crippen LogP contribution in [0.25, 0.3) is 0 Å². The minimum absolute atomic E-state index is 0.730. The number of rotatable bonds is 2. The summed E-state index contributed by atoms with van der Waals surface area (Å²) in [4.78, 5) is 9.05. The Morgan fingerprint density at radius 1 is 1.27 bits per heavy atom. The number of halogens is 2. The molecule has 0 aliphatic carbocycles. The van der Waals surface area contributed by atoms with Crippen molar-refractivity contribution in [2.24, 2.45) is 0 Å². The Morgan fingerprint density at radius 2 is 2.07 bits per heavy atom. The van der Waals surface area contributed by atoms with E-state index in [0.29, 0.717) is 0 Å². The molecule has 5 heteroatoms. The molecule has 2 aromatic rings. The Hall–Kier alpha value is -0.580. The highest BCUT2D eigenvalue weighted by atomic mass is 79.9.